The molecule has 2 aliphatic heterocycles. The summed E-state index contributed by atoms with van der Waals surface area (Å²) in [6, 6.07) is 13.3. The average Bonchev–Trinajstić information content (AvgIpc) is 3.23. The van der Waals surface area contributed by atoms with Crippen molar-refractivity contribution in [2.45, 2.75) is 39.1 Å². The van der Waals surface area contributed by atoms with E-state index >= 15 is 0 Å². The molecule has 4 unspecified atom stereocenters. The second kappa shape index (κ2) is 11.0. The third-order valence-corrected chi connectivity index (χ3v) is 7.40. The number of rotatable bonds is 7. The second-order valence-electron chi connectivity index (χ2n) is 8.91. The molecule has 184 valence electrons. The summed E-state index contributed by atoms with van der Waals surface area (Å²) < 4.78 is 35.1. The highest BCUT2D eigenvalue weighted by Gasteiger charge is 2.38. The summed E-state index contributed by atoms with van der Waals surface area (Å²) in [6.07, 6.45) is -0.494. The molecule has 2 heterocycles. The van der Waals surface area contributed by atoms with Gasteiger partial charge in [0, 0.05) is 18.7 Å². The van der Waals surface area contributed by atoms with Gasteiger partial charge >= 0.3 is 0 Å². The van der Waals surface area contributed by atoms with Gasteiger partial charge < -0.3 is 23.7 Å². The van der Waals surface area contributed by atoms with Crippen molar-refractivity contribution in [3.63, 3.8) is 0 Å². The molecule has 1 amide bonds. The lowest BCUT2D eigenvalue weighted by atomic mass is 10.0. The van der Waals surface area contributed by atoms with Gasteiger partial charge in [-0.2, -0.15) is 4.72 Å². The Labute approximate surface area is 204 Å². The highest BCUT2D eigenvalue weighted by atomic mass is 32.2. The largest absolute Gasteiger partial charge is 0.573 e. The fraction of sp³-hybridized carbons (Fsp3) is 0.480. The molecule has 1 N–H and O–H groups in total. The van der Waals surface area contributed by atoms with Gasteiger partial charge in [0.25, 0.3) is 5.91 Å². The van der Waals surface area contributed by atoms with E-state index in [0.29, 0.717) is 49.8 Å². The van der Waals surface area contributed by atoms with Crippen molar-refractivity contribution in [3.05, 3.63) is 59.2 Å². The molecule has 2 aromatic rings. The van der Waals surface area contributed by atoms with E-state index in [2.05, 4.69) is 4.72 Å². The van der Waals surface area contributed by atoms with E-state index < -0.39 is 11.5 Å². The van der Waals surface area contributed by atoms with Crippen LogP contribution in [0.2, 0.25) is 0 Å². The number of carbonyl (C=O) groups is 1. The minimum atomic E-state index is -1.37. The zero-order valence-electron chi connectivity index (χ0n) is 20.2. The zero-order valence-corrected chi connectivity index (χ0v) is 21.0. The molecule has 0 bridgehead atoms. The Bertz CT molecular complexity index is 1010. The van der Waals surface area contributed by atoms with Crippen molar-refractivity contribution in [2.24, 2.45) is 0 Å². The number of hydrogen-bond acceptors (Lipinski definition) is 7. The first-order chi connectivity index (χ1) is 16.3. The third kappa shape index (κ3) is 5.84. The Morgan fingerprint density at radius 1 is 1.15 bits per heavy atom. The number of amides is 1. The van der Waals surface area contributed by atoms with Gasteiger partial charge in [0.1, 0.15) is 18.0 Å². The number of hydrogen-bond donors (Lipinski definition) is 1. The van der Waals surface area contributed by atoms with Gasteiger partial charge in [0.05, 0.1) is 44.6 Å². The minimum Gasteiger partial charge on any atom is -0.573 e. The lowest BCUT2D eigenvalue weighted by molar-refractivity contribution is 0.0104. The van der Waals surface area contributed by atoms with E-state index in [9.17, 15) is 9.35 Å². The van der Waals surface area contributed by atoms with Crippen LogP contribution in [0.3, 0.4) is 0 Å². The summed E-state index contributed by atoms with van der Waals surface area (Å²) in [5.41, 5.74) is 3.42. The topological polar surface area (TPSA) is 86.3 Å². The fourth-order valence-electron chi connectivity index (χ4n) is 4.30. The molecule has 2 saturated heterocycles. The van der Waals surface area contributed by atoms with E-state index in [1.54, 1.807) is 12.0 Å². The van der Waals surface area contributed by atoms with Crippen molar-refractivity contribution in [1.82, 2.24) is 9.21 Å². The van der Waals surface area contributed by atoms with Crippen LogP contribution < -0.4 is 9.46 Å². The summed E-state index contributed by atoms with van der Waals surface area (Å²) in [5.74, 6) is 0.616. The summed E-state index contributed by atoms with van der Waals surface area (Å²) in [6.45, 7) is 8.58. The number of carbonyl (C=O) groups excluding carboxylic acids is 1. The highest BCUT2D eigenvalue weighted by molar-refractivity contribution is 7.90. The molecule has 0 aliphatic carbocycles. The van der Waals surface area contributed by atoms with Crippen LogP contribution in [0.1, 0.15) is 28.4 Å². The van der Waals surface area contributed by atoms with E-state index in [1.165, 1.54) is 0 Å². The lowest BCUT2D eigenvalue weighted by Gasteiger charge is -2.30. The number of benzene rings is 2. The Kier molecular flexibility index (Phi) is 8.00. The Balaban J connectivity index is 1.41. The van der Waals surface area contributed by atoms with Crippen LogP contribution in [0.4, 0.5) is 5.69 Å². The zero-order chi connectivity index (χ0) is 24.2. The molecular weight excluding hydrogens is 454 g/mol. The summed E-state index contributed by atoms with van der Waals surface area (Å²) >= 11 is -1.37. The predicted octanol–water partition coefficient (Wildman–Crippen LogP) is 2.93. The lowest BCUT2D eigenvalue weighted by Crippen LogP contribution is -2.46. The molecule has 34 heavy (non-hydrogen) atoms. The molecule has 9 heteroatoms. The average molecular weight is 488 g/mol. The number of nitrogens with zero attached hydrogens (tertiary/aromatic N) is 2. The molecule has 2 aromatic carbocycles. The van der Waals surface area contributed by atoms with E-state index in [1.807, 2.05) is 67.5 Å². The monoisotopic (exact) mass is 487 g/mol. The van der Waals surface area contributed by atoms with Crippen LogP contribution >= 0.6 is 0 Å². The molecular formula is C25H33N3O5S. The number of nitrogens with one attached hydrogen (secondary N) is 1. The molecule has 8 nitrogen and oxygen atoms in total. The minimum absolute atomic E-state index is 0.0140. The van der Waals surface area contributed by atoms with Crippen molar-refractivity contribution < 1.29 is 23.6 Å². The number of ether oxygens (including phenoxy) is 3. The maximum Gasteiger partial charge on any atom is 0.254 e. The smallest absolute Gasteiger partial charge is 0.254 e. The number of morpholine rings is 1. The Morgan fingerprint density at radius 2 is 1.94 bits per heavy atom. The summed E-state index contributed by atoms with van der Waals surface area (Å²) in [5, 5.41) is 0. The van der Waals surface area contributed by atoms with E-state index in [-0.39, 0.29) is 24.2 Å². The fourth-order valence-corrected chi connectivity index (χ4v) is 5.34. The van der Waals surface area contributed by atoms with Crippen molar-refractivity contribution >= 4 is 23.1 Å². The number of anilines is 1. The van der Waals surface area contributed by atoms with E-state index in [4.69, 9.17) is 14.2 Å². The first kappa shape index (κ1) is 24.8. The van der Waals surface area contributed by atoms with Gasteiger partial charge in [-0.25, -0.2) is 0 Å². The molecule has 0 aromatic heterocycles. The van der Waals surface area contributed by atoms with Gasteiger partial charge in [0.2, 0.25) is 0 Å². The molecule has 0 saturated carbocycles. The summed E-state index contributed by atoms with van der Waals surface area (Å²) in [4.78, 5) is 15.0. The number of likely N-dealkylation sites (tertiary alicyclic amines) is 1. The highest BCUT2D eigenvalue weighted by Crippen LogP contribution is 2.26. The van der Waals surface area contributed by atoms with Crippen LogP contribution in [-0.2, 0) is 21.0 Å². The molecule has 2 aliphatic rings. The second-order valence-corrected chi connectivity index (χ2v) is 10.1. The predicted molar refractivity (Wildman–Crippen MR) is 132 cm³/mol. The maximum absolute atomic E-state index is 13.2. The normalized spacial score (nSPS) is 24.1. The molecule has 2 fully saturated rings. The van der Waals surface area contributed by atoms with Crippen LogP contribution in [0, 0.1) is 13.8 Å². The van der Waals surface area contributed by atoms with Crippen LogP contribution in [0.15, 0.2) is 42.5 Å². The van der Waals surface area contributed by atoms with Gasteiger partial charge in [-0.15, -0.1) is 0 Å². The van der Waals surface area contributed by atoms with Crippen molar-refractivity contribution in [1.29, 1.82) is 0 Å². The molecule has 4 atom stereocenters. The molecule has 0 radical (unpaired) electrons. The first-order valence-corrected chi connectivity index (χ1v) is 12.7. The van der Waals surface area contributed by atoms with Crippen LogP contribution in [0.25, 0.3) is 0 Å². The third-order valence-electron chi connectivity index (χ3n) is 6.19. The first-order valence-electron chi connectivity index (χ1n) is 11.5. The standard InChI is InChI=1S/C25H33N3O5S/c1-17-8-9-18(2)22(12-17)25(29)27-15-23(31-4)24(16-27)33-21-7-5-6-20(13-21)26-34(30)28-10-11-32-19(3)14-28/h5-9,12-13,19,23-24,26H,10-11,14-16H2,1-4H3. The van der Waals surface area contributed by atoms with Gasteiger partial charge in [-0.05, 0) is 44.5 Å². The molecule has 0 spiro atoms. The van der Waals surface area contributed by atoms with E-state index in [0.717, 1.165) is 11.1 Å². The van der Waals surface area contributed by atoms with Gasteiger partial charge in [-0.1, -0.05) is 28.1 Å². The van der Waals surface area contributed by atoms with Crippen molar-refractivity contribution in [3.8, 4) is 5.75 Å². The number of methoxy groups -OCH3 is 1. The molecule has 4 rings (SSSR count). The van der Waals surface area contributed by atoms with Crippen LogP contribution in [-0.4, -0.2) is 77.9 Å². The maximum atomic E-state index is 13.2. The van der Waals surface area contributed by atoms with Gasteiger partial charge in [-0.3, -0.25) is 4.79 Å². The SMILES string of the molecule is COC1CN(C(=O)c2cc(C)ccc2C)CC1Oc1cccc(N[S+]([O-])N2CCOC(C)C2)c1. The summed E-state index contributed by atoms with van der Waals surface area (Å²) in [7, 11) is 1.64. The van der Waals surface area contributed by atoms with Crippen molar-refractivity contribution in [2.75, 3.05) is 44.6 Å². The van der Waals surface area contributed by atoms with Crippen LogP contribution in [0.5, 0.6) is 5.75 Å². The Morgan fingerprint density at radius 3 is 2.71 bits per heavy atom. The number of aryl methyl sites for hydroxylation is 2. The Hall–Kier alpha value is -2.30. The quantitative estimate of drug-likeness (QED) is 0.601. The van der Waals surface area contributed by atoms with Gasteiger partial charge in [0.15, 0.2) is 11.5 Å².